The van der Waals surface area contributed by atoms with Crippen molar-refractivity contribution in [1.29, 1.82) is 0 Å². The molecule has 0 aliphatic heterocycles. The van der Waals surface area contributed by atoms with E-state index in [2.05, 4.69) is 4.98 Å². The fourth-order valence-corrected chi connectivity index (χ4v) is 1.75. The maximum Gasteiger partial charge on any atom is 0.330 e. The van der Waals surface area contributed by atoms with Gasteiger partial charge in [-0.2, -0.15) is 0 Å². The Morgan fingerprint density at radius 1 is 1.21 bits per heavy atom. The van der Waals surface area contributed by atoms with Gasteiger partial charge in [0.1, 0.15) is 0 Å². The fraction of sp³-hybridized carbons (Fsp3) is 0.125. The molecule has 0 saturated carbocycles. The van der Waals surface area contributed by atoms with Gasteiger partial charge in [0.2, 0.25) is 0 Å². The Hall–Kier alpha value is -2.42. The average molecular weight is 253 g/mol. The number of hydrogen-bond donors (Lipinski definition) is 0. The van der Waals surface area contributed by atoms with Crippen molar-refractivity contribution in [1.82, 2.24) is 4.98 Å². The molecule has 0 N–H and O–H groups in total. The van der Waals surface area contributed by atoms with Gasteiger partial charge in [0.25, 0.3) is 0 Å². The highest BCUT2D eigenvalue weighted by molar-refractivity contribution is 5.88. The number of aromatic nitrogens is 1. The molecule has 0 fully saturated rings. The van der Waals surface area contributed by atoms with E-state index in [1.165, 1.54) is 6.08 Å². The fourth-order valence-electron chi connectivity index (χ4n) is 1.75. The van der Waals surface area contributed by atoms with Crippen LogP contribution in [0.4, 0.5) is 0 Å². The normalized spacial score (nSPS) is 10.6. The molecule has 2 aromatic rings. The number of carbonyl (C=O) groups excluding carboxylic acids is 1. The quantitative estimate of drug-likeness (QED) is 0.619. The van der Waals surface area contributed by atoms with E-state index < -0.39 is 0 Å². The SMILES string of the molecule is CCOC(=O)/C=C/c1ccccc1-c1ccccn1. The first-order chi connectivity index (χ1) is 9.31. The van der Waals surface area contributed by atoms with Crippen molar-refractivity contribution >= 4 is 12.0 Å². The van der Waals surface area contributed by atoms with Crippen molar-refractivity contribution in [2.24, 2.45) is 0 Å². The van der Waals surface area contributed by atoms with E-state index in [0.717, 1.165) is 16.8 Å². The molecule has 1 aromatic carbocycles. The molecule has 0 radical (unpaired) electrons. The van der Waals surface area contributed by atoms with Crippen LogP contribution in [0.3, 0.4) is 0 Å². The van der Waals surface area contributed by atoms with Crippen molar-refractivity contribution in [3.8, 4) is 11.3 Å². The Kier molecular flexibility index (Phi) is 4.45. The molecule has 0 spiro atoms. The summed E-state index contributed by atoms with van der Waals surface area (Å²) in [5.74, 6) is -0.335. The Morgan fingerprint density at radius 3 is 2.74 bits per heavy atom. The summed E-state index contributed by atoms with van der Waals surface area (Å²) in [6, 6.07) is 13.6. The highest BCUT2D eigenvalue weighted by Gasteiger charge is 2.03. The number of rotatable bonds is 4. The van der Waals surface area contributed by atoms with E-state index in [-0.39, 0.29) is 5.97 Å². The molecule has 0 amide bonds. The molecule has 0 unspecified atom stereocenters. The van der Waals surface area contributed by atoms with Crippen molar-refractivity contribution < 1.29 is 9.53 Å². The standard InChI is InChI=1S/C16H15NO2/c1-2-19-16(18)11-10-13-7-3-4-8-14(13)15-9-5-6-12-17-15/h3-12H,2H2,1H3/b11-10+. The zero-order valence-corrected chi connectivity index (χ0v) is 10.7. The van der Waals surface area contributed by atoms with Crippen LogP contribution in [0, 0.1) is 0 Å². The lowest BCUT2D eigenvalue weighted by atomic mass is 10.0. The number of esters is 1. The first-order valence-electron chi connectivity index (χ1n) is 6.16. The minimum absolute atomic E-state index is 0.335. The minimum atomic E-state index is -0.335. The lowest BCUT2D eigenvalue weighted by Gasteiger charge is -2.04. The van der Waals surface area contributed by atoms with E-state index in [1.807, 2.05) is 42.5 Å². The van der Waals surface area contributed by atoms with Crippen molar-refractivity contribution in [2.45, 2.75) is 6.92 Å². The molecule has 3 nitrogen and oxygen atoms in total. The highest BCUT2D eigenvalue weighted by Crippen LogP contribution is 2.22. The molecule has 2 rings (SSSR count). The van der Waals surface area contributed by atoms with Gasteiger partial charge in [0.05, 0.1) is 12.3 Å². The van der Waals surface area contributed by atoms with Crippen LogP contribution in [0.2, 0.25) is 0 Å². The molecule has 19 heavy (non-hydrogen) atoms. The van der Waals surface area contributed by atoms with Gasteiger partial charge in [-0.15, -0.1) is 0 Å². The summed E-state index contributed by atoms with van der Waals surface area (Å²) in [6.45, 7) is 2.17. The van der Waals surface area contributed by atoms with Crippen LogP contribution in [-0.2, 0) is 9.53 Å². The third-order valence-corrected chi connectivity index (χ3v) is 2.59. The lowest BCUT2D eigenvalue weighted by Crippen LogP contribution is -1.98. The van der Waals surface area contributed by atoms with Crippen LogP contribution in [-0.4, -0.2) is 17.6 Å². The van der Waals surface area contributed by atoms with E-state index in [0.29, 0.717) is 6.61 Å². The van der Waals surface area contributed by atoms with E-state index >= 15 is 0 Å². The molecule has 0 aliphatic carbocycles. The van der Waals surface area contributed by atoms with Gasteiger partial charge in [-0.1, -0.05) is 30.3 Å². The average Bonchev–Trinajstić information content (AvgIpc) is 2.47. The first-order valence-corrected chi connectivity index (χ1v) is 6.16. The van der Waals surface area contributed by atoms with E-state index in [4.69, 9.17) is 4.74 Å². The molecule has 0 atom stereocenters. The number of hydrogen-bond acceptors (Lipinski definition) is 3. The smallest absolute Gasteiger partial charge is 0.330 e. The topological polar surface area (TPSA) is 39.2 Å². The van der Waals surface area contributed by atoms with Crippen molar-refractivity contribution in [2.75, 3.05) is 6.61 Å². The summed E-state index contributed by atoms with van der Waals surface area (Å²) in [7, 11) is 0. The third-order valence-electron chi connectivity index (χ3n) is 2.59. The molecule has 0 aliphatic rings. The Morgan fingerprint density at radius 2 is 2.00 bits per heavy atom. The van der Waals surface area contributed by atoms with Crippen LogP contribution in [0.15, 0.2) is 54.7 Å². The molecular weight excluding hydrogens is 238 g/mol. The second kappa shape index (κ2) is 6.50. The van der Waals surface area contributed by atoms with E-state index in [9.17, 15) is 4.79 Å². The predicted molar refractivity (Wildman–Crippen MR) is 75.3 cm³/mol. The minimum Gasteiger partial charge on any atom is -0.463 e. The summed E-state index contributed by atoms with van der Waals surface area (Å²) in [6.07, 6.45) is 4.94. The first kappa shape index (κ1) is 13.0. The van der Waals surface area contributed by atoms with Gasteiger partial charge in [-0.05, 0) is 30.7 Å². The zero-order valence-electron chi connectivity index (χ0n) is 10.7. The molecule has 3 heteroatoms. The number of carbonyl (C=O) groups is 1. The number of pyridine rings is 1. The molecule has 1 aromatic heterocycles. The zero-order chi connectivity index (χ0) is 13.5. The van der Waals surface area contributed by atoms with Crippen LogP contribution >= 0.6 is 0 Å². The molecule has 1 heterocycles. The second-order valence-corrected chi connectivity index (χ2v) is 3.89. The van der Waals surface area contributed by atoms with Gasteiger partial charge in [-0.3, -0.25) is 4.98 Å². The van der Waals surface area contributed by atoms with Gasteiger partial charge >= 0.3 is 5.97 Å². The summed E-state index contributed by atoms with van der Waals surface area (Å²) in [5, 5.41) is 0. The lowest BCUT2D eigenvalue weighted by molar-refractivity contribution is -0.137. The van der Waals surface area contributed by atoms with E-state index in [1.54, 1.807) is 19.2 Å². The summed E-state index contributed by atoms with van der Waals surface area (Å²) in [5.41, 5.74) is 2.81. The van der Waals surface area contributed by atoms with Crippen LogP contribution in [0.5, 0.6) is 0 Å². The van der Waals surface area contributed by atoms with Gasteiger partial charge in [0, 0.05) is 17.8 Å². The number of benzene rings is 1. The van der Waals surface area contributed by atoms with Gasteiger partial charge < -0.3 is 4.74 Å². The molecular formula is C16H15NO2. The Balaban J connectivity index is 2.30. The maximum absolute atomic E-state index is 11.3. The summed E-state index contributed by atoms with van der Waals surface area (Å²) in [4.78, 5) is 15.7. The van der Waals surface area contributed by atoms with Crippen LogP contribution < -0.4 is 0 Å². The highest BCUT2D eigenvalue weighted by atomic mass is 16.5. The van der Waals surface area contributed by atoms with Gasteiger partial charge in [-0.25, -0.2) is 4.79 Å². The Bertz CT molecular complexity index is 576. The predicted octanol–water partition coefficient (Wildman–Crippen LogP) is 3.32. The Labute approximate surface area is 112 Å². The largest absolute Gasteiger partial charge is 0.463 e. The summed E-state index contributed by atoms with van der Waals surface area (Å²) < 4.78 is 4.87. The maximum atomic E-state index is 11.3. The number of ether oxygens (including phenoxy) is 1. The van der Waals surface area contributed by atoms with Crippen LogP contribution in [0.1, 0.15) is 12.5 Å². The van der Waals surface area contributed by atoms with Crippen molar-refractivity contribution in [3.05, 3.63) is 60.3 Å². The molecule has 0 saturated heterocycles. The van der Waals surface area contributed by atoms with Crippen molar-refractivity contribution in [3.63, 3.8) is 0 Å². The second-order valence-electron chi connectivity index (χ2n) is 3.89. The monoisotopic (exact) mass is 253 g/mol. The van der Waals surface area contributed by atoms with Crippen LogP contribution in [0.25, 0.3) is 17.3 Å². The summed E-state index contributed by atoms with van der Waals surface area (Å²) >= 11 is 0. The van der Waals surface area contributed by atoms with Gasteiger partial charge in [0.15, 0.2) is 0 Å². The molecule has 96 valence electrons. The number of nitrogens with zero attached hydrogens (tertiary/aromatic N) is 1. The third kappa shape index (κ3) is 3.52. The molecule has 0 bridgehead atoms.